The smallest absolute Gasteiger partial charge is 0.0379 e. The maximum absolute atomic E-state index is 6.87. The van der Waals surface area contributed by atoms with E-state index in [1.807, 2.05) is 6.26 Å². The molecule has 4 saturated carbocycles. The van der Waals surface area contributed by atoms with E-state index < -0.39 is 8.32 Å². The van der Waals surface area contributed by atoms with Crippen LogP contribution in [-0.2, 0) is 9.16 Å². The maximum atomic E-state index is 6.87. The van der Waals surface area contributed by atoms with Crippen LogP contribution in [0.5, 0.6) is 0 Å². The maximum Gasteiger partial charge on any atom is 0.0379 e. The molecule has 166 valence electrons. The van der Waals surface area contributed by atoms with Crippen LogP contribution >= 0.6 is 0 Å². The molecule has 5 aliphatic rings. The number of hydrogen-bond acceptors (Lipinski definition) is 2. The van der Waals surface area contributed by atoms with E-state index in [2.05, 4.69) is 65.0 Å². The van der Waals surface area contributed by atoms with E-state index in [1.54, 1.807) is 0 Å². The first-order chi connectivity index (χ1) is 13.4. The Kier molecular flexibility index (Phi) is 9.43. The largest absolute Gasteiger partial charge is 0.0715 e. The van der Waals surface area contributed by atoms with E-state index >= 15 is 0 Å². The van der Waals surface area contributed by atoms with Gasteiger partial charge in [0.15, 0.2) is 0 Å². The fourth-order valence-corrected chi connectivity index (χ4v) is 12.2. The standard InChI is InChI=1S/C17H28GeO2Si.2C3H9Si/c1-21(2,3)20-17(18-5-4-6-19-17)16-10-13-7-14(11-16)9-15(8-13)12-16;2*1-4(2)3/h4,6,13-15H,5,7-12H2,1-3H3;2*1-3H3. The minimum Gasteiger partial charge on any atom is -0.0715 e. The summed E-state index contributed by atoms with van der Waals surface area (Å²) in [6.07, 6.45) is 12.9. The van der Waals surface area contributed by atoms with Crippen molar-refractivity contribution in [2.24, 2.45) is 23.2 Å². The van der Waals surface area contributed by atoms with Crippen LogP contribution in [0.2, 0.25) is 64.2 Å². The summed E-state index contributed by atoms with van der Waals surface area (Å²) in [5.74, 6) is 2.92. The first kappa shape index (κ1) is 25.9. The van der Waals surface area contributed by atoms with Crippen molar-refractivity contribution >= 4 is 41.3 Å². The summed E-state index contributed by atoms with van der Waals surface area (Å²) in [6, 6.07) is 0. The van der Waals surface area contributed by atoms with Crippen molar-refractivity contribution < 1.29 is 9.16 Å². The van der Waals surface area contributed by atoms with E-state index in [4.69, 9.17) is 9.16 Å². The average molecular weight is 511 g/mol. The molecule has 0 aromatic heterocycles. The Morgan fingerprint density at radius 3 is 1.59 bits per heavy atom. The van der Waals surface area contributed by atoms with Gasteiger partial charge in [-0.3, -0.25) is 0 Å². The van der Waals surface area contributed by atoms with Gasteiger partial charge >= 0.3 is 136 Å². The van der Waals surface area contributed by atoms with Crippen LogP contribution < -0.4 is 0 Å². The molecule has 4 aliphatic carbocycles. The van der Waals surface area contributed by atoms with Crippen molar-refractivity contribution in [2.75, 3.05) is 0 Å². The molecule has 4 bridgehead atoms. The minimum atomic E-state index is -1.60. The predicted molar refractivity (Wildman–Crippen MR) is 135 cm³/mol. The first-order valence-electron chi connectivity index (χ1n) is 11.7. The monoisotopic (exact) mass is 512 g/mol. The van der Waals surface area contributed by atoms with Crippen molar-refractivity contribution in [2.45, 2.75) is 107 Å². The Balaban J connectivity index is 0.000000324. The molecule has 4 fully saturated rings. The Morgan fingerprint density at radius 2 is 1.28 bits per heavy atom. The number of allylic oxidation sites excluding steroid dienone is 1. The van der Waals surface area contributed by atoms with E-state index in [1.165, 1.54) is 43.8 Å². The van der Waals surface area contributed by atoms with Gasteiger partial charge in [-0.15, -0.1) is 0 Å². The Morgan fingerprint density at radius 1 is 0.862 bits per heavy atom. The molecule has 0 aromatic rings. The quantitative estimate of drug-likeness (QED) is 0.376. The molecule has 29 heavy (non-hydrogen) atoms. The predicted octanol–water partition coefficient (Wildman–Crippen LogP) is 7.12. The number of hydrogen-bond donors (Lipinski definition) is 0. The molecule has 0 amide bonds. The molecule has 0 spiro atoms. The second kappa shape index (κ2) is 10.5. The second-order valence-electron chi connectivity index (χ2n) is 11.9. The van der Waals surface area contributed by atoms with Crippen LogP contribution in [0.3, 0.4) is 0 Å². The van der Waals surface area contributed by atoms with Crippen molar-refractivity contribution in [3.05, 3.63) is 12.3 Å². The zero-order chi connectivity index (χ0) is 21.9. The summed E-state index contributed by atoms with van der Waals surface area (Å²) in [4.78, 5) is 0. The fraction of sp³-hybridized carbons (Fsp3) is 0.913. The van der Waals surface area contributed by atoms with E-state index in [9.17, 15) is 0 Å². The molecule has 6 heteroatoms. The minimum absolute atomic E-state index is 0.120. The van der Waals surface area contributed by atoms with Crippen LogP contribution in [-0.4, -0.2) is 46.0 Å². The Labute approximate surface area is 192 Å². The van der Waals surface area contributed by atoms with Gasteiger partial charge in [-0.2, -0.15) is 0 Å². The molecule has 1 unspecified atom stereocenters. The molecule has 5 rings (SSSR count). The Bertz CT molecular complexity index is 498. The summed E-state index contributed by atoms with van der Waals surface area (Å²) >= 11 is -0.221. The normalized spacial score (nSPS) is 37.6. The van der Waals surface area contributed by atoms with Crippen molar-refractivity contribution in [3.63, 3.8) is 0 Å². The zero-order valence-electron chi connectivity index (χ0n) is 20.7. The van der Waals surface area contributed by atoms with E-state index in [0.717, 1.165) is 17.8 Å². The van der Waals surface area contributed by atoms with Gasteiger partial charge in [0.1, 0.15) is 0 Å². The molecular weight excluding hydrogens is 465 g/mol. The summed E-state index contributed by atoms with van der Waals surface area (Å²) in [5.41, 5.74) is 0.368. The van der Waals surface area contributed by atoms with Crippen LogP contribution in [0.4, 0.5) is 0 Å². The van der Waals surface area contributed by atoms with Gasteiger partial charge in [0.25, 0.3) is 0 Å². The van der Waals surface area contributed by atoms with Gasteiger partial charge in [0, 0.05) is 17.6 Å². The van der Waals surface area contributed by atoms with Gasteiger partial charge in [0.05, 0.1) is 0 Å². The molecule has 0 aromatic carbocycles. The van der Waals surface area contributed by atoms with Crippen molar-refractivity contribution in [1.29, 1.82) is 0 Å². The van der Waals surface area contributed by atoms with Gasteiger partial charge in [0.2, 0.25) is 0 Å². The van der Waals surface area contributed by atoms with Crippen LogP contribution in [0.15, 0.2) is 12.3 Å². The third-order valence-electron chi connectivity index (χ3n) is 5.97. The summed E-state index contributed by atoms with van der Waals surface area (Å²) < 4.78 is 13.1. The molecule has 1 atom stereocenters. The molecule has 4 radical (unpaired) electrons. The van der Waals surface area contributed by atoms with Gasteiger partial charge < -0.3 is 0 Å². The molecule has 1 aliphatic heterocycles. The van der Waals surface area contributed by atoms with E-state index in [0.29, 0.717) is 5.41 Å². The zero-order valence-corrected chi connectivity index (χ0v) is 25.8. The molecule has 1 heterocycles. The van der Waals surface area contributed by atoms with Crippen molar-refractivity contribution in [3.8, 4) is 0 Å². The second-order valence-corrected chi connectivity index (χ2v) is 25.3. The Hall–Kier alpha value is 0.694. The molecule has 2 nitrogen and oxygen atoms in total. The number of rotatable bonds is 3. The van der Waals surface area contributed by atoms with Crippen molar-refractivity contribution in [1.82, 2.24) is 0 Å². The average Bonchev–Trinajstić information content (AvgIpc) is 2.51. The van der Waals surface area contributed by atoms with Gasteiger partial charge in [-0.25, -0.2) is 0 Å². The molecule has 0 saturated heterocycles. The van der Waals surface area contributed by atoms with E-state index in [-0.39, 0.29) is 37.6 Å². The summed E-state index contributed by atoms with van der Waals surface area (Å²) in [6.45, 7) is 20.6. The number of ether oxygens (including phenoxy) is 1. The molecular formula is C23H46GeO2Si3. The van der Waals surface area contributed by atoms with Crippen LogP contribution in [0.25, 0.3) is 0 Å². The third kappa shape index (κ3) is 7.36. The topological polar surface area (TPSA) is 18.5 Å². The van der Waals surface area contributed by atoms with Gasteiger partial charge in [-0.05, 0) is 0 Å². The van der Waals surface area contributed by atoms with Crippen LogP contribution in [0, 0.1) is 23.2 Å². The third-order valence-corrected chi connectivity index (χ3v) is 10.8. The first-order valence-corrected chi connectivity index (χ1v) is 23.6. The van der Waals surface area contributed by atoms with Crippen LogP contribution in [0.1, 0.15) is 38.5 Å². The molecule has 0 N–H and O–H groups in total. The van der Waals surface area contributed by atoms with Gasteiger partial charge in [-0.1, -0.05) is 39.3 Å². The fourth-order valence-electron chi connectivity index (χ4n) is 5.85. The summed E-state index contributed by atoms with van der Waals surface area (Å²) in [5, 5.41) is 1.24. The SMILES string of the molecule is C[Si](C)(C)O[C]1(C23CC4CC(CC(C4)C2)C3)OC=C[CH2][Ge]1.C[Si](C)C.C[Si](C)C. The summed E-state index contributed by atoms with van der Waals surface area (Å²) in [7, 11) is -1.36.